The first kappa shape index (κ1) is 13.2. The molecule has 3 aromatic rings. The maximum Gasteiger partial charge on any atom is 0.167 e. The number of thiazole rings is 1. The summed E-state index contributed by atoms with van der Waals surface area (Å²) < 4.78 is 5.46. The van der Waals surface area contributed by atoms with Gasteiger partial charge >= 0.3 is 0 Å². The molecule has 3 aromatic heterocycles. The van der Waals surface area contributed by atoms with Crippen LogP contribution < -0.4 is 0 Å². The quantitative estimate of drug-likeness (QED) is 0.710. The summed E-state index contributed by atoms with van der Waals surface area (Å²) in [5.74, 6) is 0.796. The summed E-state index contributed by atoms with van der Waals surface area (Å²) in [6.45, 7) is 0. The van der Waals surface area contributed by atoms with Crippen molar-refractivity contribution in [3.05, 3.63) is 60.0 Å². The lowest BCUT2D eigenvalue weighted by atomic mass is 10.0. The van der Waals surface area contributed by atoms with Gasteiger partial charge in [-0.15, -0.1) is 11.3 Å². The fraction of sp³-hybridized carbons (Fsp3) is 0.118. The van der Waals surface area contributed by atoms with Gasteiger partial charge in [0.2, 0.25) is 0 Å². The second kappa shape index (κ2) is 5.69. The SMILES string of the molecule is C1=CC(c2cc(-c3csc(-c4ccncc4)n3)no2)=CCC1. The summed E-state index contributed by atoms with van der Waals surface area (Å²) in [4.78, 5) is 8.67. The van der Waals surface area contributed by atoms with E-state index in [0.29, 0.717) is 0 Å². The summed E-state index contributed by atoms with van der Waals surface area (Å²) in [5, 5.41) is 7.11. The lowest BCUT2D eigenvalue weighted by Gasteiger charge is -2.01. The minimum absolute atomic E-state index is 0.770. The van der Waals surface area contributed by atoms with E-state index < -0.39 is 0 Å². The highest BCUT2D eigenvalue weighted by Gasteiger charge is 2.13. The highest BCUT2D eigenvalue weighted by atomic mass is 32.1. The summed E-state index contributed by atoms with van der Waals surface area (Å²) >= 11 is 1.59. The molecule has 108 valence electrons. The Morgan fingerprint density at radius 1 is 1.09 bits per heavy atom. The topological polar surface area (TPSA) is 51.8 Å². The third-order valence-electron chi connectivity index (χ3n) is 3.48. The number of nitrogens with zero attached hydrogens (tertiary/aromatic N) is 3. The second-order valence-electron chi connectivity index (χ2n) is 4.99. The Kier molecular flexibility index (Phi) is 3.40. The average Bonchev–Trinajstić information content (AvgIpc) is 3.26. The number of aromatic nitrogens is 3. The van der Waals surface area contributed by atoms with Crippen molar-refractivity contribution in [3.8, 4) is 22.0 Å². The summed E-state index contributed by atoms with van der Waals surface area (Å²) in [6.07, 6.45) is 12.1. The predicted molar refractivity (Wildman–Crippen MR) is 87.2 cm³/mol. The number of hydrogen-bond donors (Lipinski definition) is 0. The predicted octanol–water partition coefficient (Wildman–Crippen LogP) is 4.59. The van der Waals surface area contributed by atoms with Crippen LogP contribution in [0.2, 0.25) is 0 Å². The first-order chi connectivity index (χ1) is 10.9. The fourth-order valence-electron chi connectivity index (χ4n) is 2.35. The van der Waals surface area contributed by atoms with Crippen LogP contribution in [0.1, 0.15) is 18.6 Å². The average molecular weight is 307 g/mol. The molecular formula is C17H13N3OS. The Balaban J connectivity index is 1.63. The summed E-state index contributed by atoms with van der Waals surface area (Å²) in [7, 11) is 0. The first-order valence-corrected chi connectivity index (χ1v) is 7.98. The maximum atomic E-state index is 5.46. The fourth-order valence-corrected chi connectivity index (χ4v) is 3.17. The lowest BCUT2D eigenvalue weighted by molar-refractivity contribution is 0.413. The highest BCUT2D eigenvalue weighted by molar-refractivity contribution is 7.13. The van der Waals surface area contributed by atoms with Gasteiger partial charge in [-0.2, -0.15) is 0 Å². The van der Waals surface area contributed by atoms with E-state index in [1.807, 2.05) is 23.6 Å². The van der Waals surface area contributed by atoms with Crippen molar-refractivity contribution in [1.82, 2.24) is 15.1 Å². The molecule has 0 radical (unpaired) electrons. The second-order valence-corrected chi connectivity index (χ2v) is 5.85. The normalized spacial score (nSPS) is 14.1. The molecule has 0 unspecified atom stereocenters. The number of pyridine rings is 1. The van der Waals surface area contributed by atoms with Crippen molar-refractivity contribution in [1.29, 1.82) is 0 Å². The van der Waals surface area contributed by atoms with E-state index >= 15 is 0 Å². The zero-order valence-electron chi connectivity index (χ0n) is 11.8. The molecule has 0 saturated heterocycles. The van der Waals surface area contributed by atoms with Gasteiger partial charge in [0, 0.05) is 35.0 Å². The molecule has 4 nitrogen and oxygen atoms in total. The lowest BCUT2D eigenvalue weighted by Crippen LogP contribution is -1.82. The van der Waals surface area contributed by atoms with Crippen LogP contribution in [-0.4, -0.2) is 15.1 Å². The van der Waals surface area contributed by atoms with Crippen molar-refractivity contribution in [2.75, 3.05) is 0 Å². The largest absolute Gasteiger partial charge is 0.356 e. The van der Waals surface area contributed by atoms with Crippen molar-refractivity contribution >= 4 is 16.9 Å². The van der Waals surface area contributed by atoms with Crippen LogP contribution in [0.25, 0.3) is 27.5 Å². The molecule has 5 heteroatoms. The molecule has 0 amide bonds. The molecule has 3 heterocycles. The summed E-state index contributed by atoms with van der Waals surface area (Å²) in [6, 6.07) is 5.86. The van der Waals surface area contributed by atoms with E-state index in [9.17, 15) is 0 Å². The number of hydrogen-bond acceptors (Lipinski definition) is 5. The van der Waals surface area contributed by atoms with Gasteiger partial charge in [-0.3, -0.25) is 4.98 Å². The van der Waals surface area contributed by atoms with E-state index in [-0.39, 0.29) is 0 Å². The molecular weight excluding hydrogens is 294 g/mol. The third kappa shape index (κ3) is 2.51. The maximum absolute atomic E-state index is 5.46. The van der Waals surface area contributed by atoms with Gasteiger partial charge in [0.15, 0.2) is 5.76 Å². The molecule has 0 saturated carbocycles. The Morgan fingerprint density at radius 3 is 2.82 bits per heavy atom. The van der Waals surface area contributed by atoms with Crippen LogP contribution in [0.15, 0.2) is 58.7 Å². The molecule has 0 fully saturated rings. The zero-order valence-corrected chi connectivity index (χ0v) is 12.6. The van der Waals surface area contributed by atoms with Crippen LogP contribution in [0.5, 0.6) is 0 Å². The molecule has 1 aliphatic carbocycles. The van der Waals surface area contributed by atoms with Gasteiger partial charge in [-0.1, -0.05) is 23.4 Å². The first-order valence-electron chi connectivity index (χ1n) is 7.10. The van der Waals surface area contributed by atoms with Gasteiger partial charge in [0.05, 0.1) is 0 Å². The molecule has 1 aliphatic rings. The zero-order chi connectivity index (χ0) is 14.8. The minimum atomic E-state index is 0.770. The molecule has 0 N–H and O–H groups in total. The van der Waals surface area contributed by atoms with E-state index in [2.05, 4.69) is 33.4 Å². The Hall–Kier alpha value is -2.53. The van der Waals surface area contributed by atoms with Crippen molar-refractivity contribution in [2.45, 2.75) is 12.8 Å². The van der Waals surface area contributed by atoms with Crippen LogP contribution >= 0.6 is 11.3 Å². The van der Waals surface area contributed by atoms with Crippen LogP contribution in [0, 0.1) is 0 Å². The molecule has 0 bridgehead atoms. The van der Waals surface area contributed by atoms with Gasteiger partial charge in [-0.05, 0) is 25.0 Å². The highest BCUT2D eigenvalue weighted by Crippen LogP contribution is 2.30. The van der Waals surface area contributed by atoms with Gasteiger partial charge in [-0.25, -0.2) is 4.98 Å². The van der Waals surface area contributed by atoms with Crippen molar-refractivity contribution in [3.63, 3.8) is 0 Å². The van der Waals surface area contributed by atoms with E-state index in [1.54, 1.807) is 23.7 Å². The standard InChI is InChI=1S/C17H13N3OS/c1-2-4-12(5-3-1)16-10-14(20-21-16)15-11-22-17(19-15)13-6-8-18-9-7-13/h2,4-11H,1,3H2. The van der Waals surface area contributed by atoms with Crippen molar-refractivity contribution < 1.29 is 4.52 Å². The minimum Gasteiger partial charge on any atom is -0.356 e. The third-order valence-corrected chi connectivity index (χ3v) is 4.37. The van der Waals surface area contributed by atoms with E-state index in [1.165, 1.54) is 0 Å². The monoisotopic (exact) mass is 307 g/mol. The molecule has 0 spiro atoms. The number of allylic oxidation sites excluding steroid dienone is 4. The summed E-state index contributed by atoms with van der Waals surface area (Å²) in [5.41, 5.74) is 3.76. The van der Waals surface area contributed by atoms with Gasteiger partial charge < -0.3 is 4.52 Å². The molecule has 0 atom stereocenters. The van der Waals surface area contributed by atoms with Gasteiger partial charge in [0.1, 0.15) is 16.4 Å². The van der Waals surface area contributed by atoms with Crippen molar-refractivity contribution in [2.24, 2.45) is 0 Å². The Labute approximate surface area is 131 Å². The molecule has 22 heavy (non-hydrogen) atoms. The molecule has 0 aromatic carbocycles. The van der Waals surface area contributed by atoms with Gasteiger partial charge in [0.25, 0.3) is 0 Å². The van der Waals surface area contributed by atoms with Crippen LogP contribution in [-0.2, 0) is 0 Å². The smallest absolute Gasteiger partial charge is 0.167 e. The van der Waals surface area contributed by atoms with E-state index in [4.69, 9.17) is 4.52 Å². The Bertz CT molecular complexity index is 846. The molecule has 0 aliphatic heterocycles. The number of rotatable bonds is 3. The van der Waals surface area contributed by atoms with Crippen LogP contribution in [0.3, 0.4) is 0 Å². The van der Waals surface area contributed by atoms with Crippen LogP contribution in [0.4, 0.5) is 0 Å². The van der Waals surface area contributed by atoms with E-state index in [0.717, 1.165) is 46.1 Å². The molecule has 4 rings (SSSR count). The Morgan fingerprint density at radius 2 is 2.00 bits per heavy atom.